The van der Waals surface area contributed by atoms with Crippen LogP contribution in [0, 0.1) is 5.92 Å². The van der Waals surface area contributed by atoms with Gasteiger partial charge in [-0.1, -0.05) is 19.8 Å². The monoisotopic (exact) mass is 451 g/mol. The summed E-state index contributed by atoms with van der Waals surface area (Å²) in [5.74, 6) is 1.74. The van der Waals surface area contributed by atoms with Crippen LogP contribution in [0.5, 0.6) is 0 Å². The molecule has 2 heterocycles. The van der Waals surface area contributed by atoms with Crippen LogP contribution in [-0.4, -0.2) is 75.2 Å². The van der Waals surface area contributed by atoms with Crippen LogP contribution >= 0.6 is 24.0 Å². The molecule has 2 rings (SSSR count). The van der Waals surface area contributed by atoms with Crippen LogP contribution in [-0.2, 0) is 0 Å². The van der Waals surface area contributed by atoms with Gasteiger partial charge in [0.25, 0.3) is 0 Å². The van der Waals surface area contributed by atoms with E-state index in [0.717, 1.165) is 25.0 Å². The first-order valence-corrected chi connectivity index (χ1v) is 9.71. The highest BCUT2D eigenvalue weighted by molar-refractivity contribution is 14.0. The molecule has 2 N–H and O–H groups in total. The Kier molecular flexibility index (Phi) is 12.0. The number of nitrogens with one attached hydrogen (secondary N) is 2. The van der Waals surface area contributed by atoms with Gasteiger partial charge in [-0.25, -0.2) is 0 Å². The van der Waals surface area contributed by atoms with Crippen LogP contribution < -0.4 is 10.6 Å². The Morgan fingerprint density at radius 1 is 1.04 bits per heavy atom. The third-order valence-corrected chi connectivity index (χ3v) is 5.24. The summed E-state index contributed by atoms with van der Waals surface area (Å²) in [6, 6.07) is 0. The molecular weight excluding hydrogens is 413 g/mol. The molecule has 0 bridgehead atoms. The summed E-state index contributed by atoms with van der Waals surface area (Å²) in [5.41, 5.74) is 0. The minimum atomic E-state index is 0. The van der Waals surface area contributed by atoms with Crippen molar-refractivity contribution >= 4 is 29.9 Å². The normalized spacial score (nSPS) is 23.6. The number of likely N-dealkylation sites (tertiary alicyclic amines) is 2. The molecule has 0 aromatic heterocycles. The topological polar surface area (TPSA) is 42.9 Å². The van der Waals surface area contributed by atoms with E-state index in [1.165, 1.54) is 77.8 Å². The van der Waals surface area contributed by atoms with Crippen molar-refractivity contribution in [2.24, 2.45) is 10.9 Å². The fraction of sp³-hybridized carbons (Fsp3) is 0.944. The minimum Gasteiger partial charge on any atom is -0.356 e. The van der Waals surface area contributed by atoms with Crippen molar-refractivity contribution in [2.75, 3.05) is 59.4 Å². The average molecular weight is 451 g/mol. The Morgan fingerprint density at radius 3 is 2.42 bits per heavy atom. The Morgan fingerprint density at radius 2 is 1.79 bits per heavy atom. The molecule has 0 aliphatic carbocycles. The zero-order valence-electron chi connectivity index (χ0n) is 15.7. The fourth-order valence-electron chi connectivity index (χ4n) is 3.70. The maximum Gasteiger partial charge on any atom is 0.190 e. The molecule has 0 aromatic carbocycles. The summed E-state index contributed by atoms with van der Waals surface area (Å²) < 4.78 is 0. The Balaban J connectivity index is 0.00000288. The summed E-state index contributed by atoms with van der Waals surface area (Å²) in [7, 11) is 1.87. The predicted octanol–water partition coefficient (Wildman–Crippen LogP) is 2.38. The molecule has 0 amide bonds. The van der Waals surface area contributed by atoms with Gasteiger partial charge in [0, 0.05) is 26.7 Å². The second-order valence-corrected chi connectivity index (χ2v) is 7.04. The standard InChI is InChI=1S/C18H37N5.HI/c1-3-22-14-9-17(16-22)15-21-18(19-2)20-10-8-13-23-11-6-4-5-7-12-23;/h17H,3-16H2,1-2H3,(H2,19,20,21);1H. The van der Waals surface area contributed by atoms with E-state index in [2.05, 4.69) is 32.3 Å². The molecule has 5 nitrogen and oxygen atoms in total. The Labute approximate surface area is 166 Å². The van der Waals surface area contributed by atoms with Gasteiger partial charge in [-0.15, -0.1) is 24.0 Å². The first-order chi connectivity index (χ1) is 11.3. The number of rotatable bonds is 7. The van der Waals surface area contributed by atoms with Gasteiger partial charge >= 0.3 is 0 Å². The Hall–Kier alpha value is -0.0800. The molecule has 1 unspecified atom stereocenters. The third kappa shape index (κ3) is 8.34. The maximum absolute atomic E-state index is 4.35. The molecule has 1 atom stereocenters. The Bertz CT molecular complexity index is 342. The van der Waals surface area contributed by atoms with Gasteiger partial charge < -0.3 is 20.4 Å². The number of nitrogens with zero attached hydrogens (tertiary/aromatic N) is 3. The number of halogens is 1. The molecule has 2 aliphatic rings. The van der Waals surface area contributed by atoms with Gasteiger partial charge in [0.05, 0.1) is 0 Å². The molecule has 24 heavy (non-hydrogen) atoms. The summed E-state index contributed by atoms with van der Waals surface area (Å²) in [5, 5.41) is 6.98. The lowest BCUT2D eigenvalue weighted by molar-refractivity contribution is 0.282. The summed E-state index contributed by atoms with van der Waals surface area (Å²) >= 11 is 0. The zero-order chi connectivity index (χ0) is 16.3. The molecule has 0 saturated carbocycles. The summed E-state index contributed by atoms with van der Waals surface area (Å²) in [6.07, 6.45) is 8.12. The molecule has 0 radical (unpaired) electrons. The molecule has 2 fully saturated rings. The maximum atomic E-state index is 4.35. The number of guanidine groups is 1. The van der Waals surface area contributed by atoms with Crippen LogP contribution in [0.3, 0.4) is 0 Å². The molecule has 2 saturated heterocycles. The van der Waals surface area contributed by atoms with Crippen molar-refractivity contribution in [3.63, 3.8) is 0 Å². The molecule has 0 spiro atoms. The van der Waals surface area contributed by atoms with Crippen molar-refractivity contribution in [2.45, 2.75) is 45.4 Å². The van der Waals surface area contributed by atoms with E-state index in [4.69, 9.17) is 0 Å². The SMILES string of the molecule is CCN1CCC(CNC(=NC)NCCCN2CCCCCC2)C1.I. The highest BCUT2D eigenvalue weighted by atomic mass is 127. The van der Waals surface area contributed by atoms with Gasteiger partial charge in [-0.05, 0) is 64.3 Å². The van der Waals surface area contributed by atoms with Crippen molar-refractivity contribution in [1.29, 1.82) is 0 Å². The summed E-state index contributed by atoms with van der Waals surface area (Å²) in [4.78, 5) is 9.51. The van der Waals surface area contributed by atoms with E-state index in [-0.39, 0.29) is 24.0 Å². The van der Waals surface area contributed by atoms with E-state index in [1.807, 2.05) is 7.05 Å². The quantitative estimate of drug-likeness (QED) is 0.270. The van der Waals surface area contributed by atoms with E-state index >= 15 is 0 Å². The first kappa shape index (κ1) is 22.0. The molecule has 142 valence electrons. The molecule has 0 aromatic rings. The number of hydrogen-bond acceptors (Lipinski definition) is 3. The van der Waals surface area contributed by atoms with Crippen LogP contribution in [0.25, 0.3) is 0 Å². The fourth-order valence-corrected chi connectivity index (χ4v) is 3.70. The third-order valence-electron chi connectivity index (χ3n) is 5.24. The molecule has 6 heteroatoms. The van der Waals surface area contributed by atoms with Crippen molar-refractivity contribution in [3.05, 3.63) is 0 Å². The van der Waals surface area contributed by atoms with Gasteiger partial charge in [0.1, 0.15) is 0 Å². The van der Waals surface area contributed by atoms with Crippen LogP contribution in [0.15, 0.2) is 4.99 Å². The van der Waals surface area contributed by atoms with E-state index in [9.17, 15) is 0 Å². The summed E-state index contributed by atoms with van der Waals surface area (Å²) in [6.45, 7) is 11.8. The van der Waals surface area contributed by atoms with Crippen molar-refractivity contribution in [3.8, 4) is 0 Å². The lowest BCUT2D eigenvalue weighted by Crippen LogP contribution is -2.41. The largest absolute Gasteiger partial charge is 0.356 e. The van der Waals surface area contributed by atoms with Gasteiger partial charge in [0.2, 0.25) is 0 Å². The first-order valence-electron chi connectivity index (χ1n) is 9.71. The lowest BCUT2D eigenvalue weighted by Gasteiger charge is -2.20. The van der Waals surface area contributed by atoms with Crippen LogP contribution in [0.1, 0.15) is 45.4 Å². The highest BCUT2D eigenvalue weighted by Crippen LogP contribution is 2.14. The van der Waals surface area contributed by atoms with Crippen molar-refractivity contribution < 1.29 is 0 Å². The average Bonchev–Trinajstić information content (AvgIpc) is 2.88. The van der Waals surface area contributed by atoms with Crippen LogP contribution in [0.4, 0.5) is 0 Å². The van der Waals surface area contributed by atoms with E-state index in [0.29, 0.717) is 0 Å². The van der Waals surface area contributed by atoms with Crippen LogP contribution in [0.2, 0.25) is 0 Å². The zero-order valence-corrected chi connectivity index (χ0v) is 18.1. The predicted molar refractivity (Wildman–Crippen MR) is 115 cm³/mol. The second-order valence-electron chi connectivity index (χ2n) is 7.04. The van der Waals surface area contributed by atoms with E-state index in [1.54, 1.807) is 0 Å². The highest BCUT2D eigenvalue weighted by Gasteiger charge is 2.20. The molecule has 2 aliphatic heterocycles. The van der Waals surface area contributed by atoms with Gasteiger partial charge in [-0.2, -0.15) is 0 Å². The minimum absolute atomic E-state index is 0. The van der Waals surface area contributed by atoms with E-state index < -0.39 is 0 Å². The second kappa shape index (κ2) is 13.2. The molecular formula is C18H38IN5. The van der Waals surface area contributed by atoms with Gasteiger partial charge in [-0.3, -0.25) is 4.99 Å². The number of aliphatic imine (C=N–C) groups is 1. The number of hydrogen-bond donors (Lipinski definition) is 2. The van der Waals surface area contributed by atoms with Crippen molar-refractivity contribution in [1.82, 2.24) is 20.4 Å². The van der Waals surface area contributed by atoms with Gasteiger partial charge in [0.15, 0.2) is 5.96 Å². The smallest absolute Gasteiger partial charge is 0.190 e. The lowest BCUT2D eigenvalue weighted by atomic mass is 10.1.